The highest BCUT2D eigenvalue weighted by molar-refractivity contribution is 5.80. The van der Waals surface area contributed by atoms with Crippen molar-refractivity contribution < 1.29 is 9.47 Å². The van der Waals surface area contributed by atoms with Crippen molar-refractivity contribution in [3.05, 3.63) is 52.8 Å². The maximum Gasteiger partial charge on any atom is 0.279 e. The molecule has 0 spiro atoms. The van der Waals surface area contributed by atoms with Crippen LogP contribution < -0.4 is 5.56 Å². The van der Waals surface area contributed by atoms with Crippen molar-refractivity contribution in [3.8, 4) is 5.82 Å². The fraction of sp³-hybridized carbons (Fsp3) is 0.429. The zero-order valence-corrected chi connectivity index (χ0v) is 16.5. The smallest absolute Gasteiger partial charge is 0.279 e. The lowest BCUT2D eigenvalue weighted by Gasteiger charge is -2.16. The highest BCUT2D eigenvalue weighted by Gasteiger charge is 2.26. The van der Waals surface area contributed by atoms with E-state index in [9.17, 15) is 4.79 Å². The van der Waals surface area contributed by atoms with Gasteiger partial charge in [0.05, 0.1) is 35.6 Å². The summed E-state index contributed by atoms with van der Waals surface area (Å²) >= 11 is 0. The Morgan fingerprint density at radius 3 is 2.70 bits per heavy atom. The van der Waals surface area contributed by atoms with E-state index in [4.69, 9.17) is 9.47 Å². The highest BCUT2D eigenvalue weighted by Crippen LogP contribution is 2.30. The average molecular weight is 406 g/mol. The predicted octanol–water partition coefficient (Wildman–Crippen LogP) is 2.26. The molecule has 30 heavy (non-hydrogen) atoms. The standard InChI is InChI=1S/C21H22N6O3/c28-21-19-20(27-17(11-23-24-27)18-8-4-10-30-18)22-13-26(19)16-7-2-1-6-15(16)25(21)12-14-5-3-9-29-14/h1-2,6-7,11,13-14,18H,3-5,8-10,12H2. The van der Waals surface area contributed by atoms with Crippen LogP contribution in [0.4, 0.5) is 0 Å². The molecule has 2 aliphatic rings. The molecule has 4 aromatic rings. The SMILES string of the molecule is O=c1c2c(-n3nncc3C3CCCO3)ncn2c2ccccc2n1CC1CCCO1. The lowest BCUT2D eigenvalue weighted by atomic mass is 10.2. The van der Waals surface area contributed by atoms with E-state index in [1.807, 2.05) is 33.2 Å². The molecule has 154 valence electrons. The van der Waals surface area contributed by atoms with Gasteiger partial charge >= 0.3 is 0 Å². The number of imidazole rings is 1. The summed E-state index contributed by atoms with van der Waals surface area (Å²) in [7, 11) is 0. The Hall–Kier alpha value is -3.04. The van der Waals surface area contributed by atoms with Crippen LogP contribution in [-0.2, 0) is 16.0 Å². The number of hydrogen-bond donors (Lipinski definition) is 0. The summed E-state index contributed by atoms with van der Waals surface area (Å²) in [6.07, 6.45) is 7.26. The van der Waals surface area contributed by atoms with Crippen LogP contribution in [0.5, 0.6) is 0 Å². The predicted molar refractivity (Wildman–Crippen MR) is 109 cm³/mol. The molecule has 0 aliphatic carbocycles. The van der Waals surface area contributed by atoms with E-state index in [-0.39, 0.29) is 17.8 Å². The van der Waals surface area contributed by atoms with Crippen LogP contribution in [0.15, 0.2) is 41.6 Å². The van der Waals surface area contributed by atoms with E-state index in [2.05, 4.69) is 15.3 Å². The largest absolute Gasteiger partial charge is 0.376 e. The van der Waals surface area contributed by atoms with Gasteiger partial charge in [-0.1, -0.05) is 17.3 Å². The number of fused-ring (bicyclic) bond motifs is 3. The lowest BCUT2D eigenvalue weighted by Crippen LogP contribution is -2.28. The van der Waals surface area contributed by atoms with Crippen LogP contribution in [0.2, 0.25) is 0 Å². The zero-order chi connectivity index (χ0) is 20.1. The molecule has 0 bridgehead atoms. The van der Waals surface area contributed by atoms with Crippen LogP contribution >= 0.6 is 0 Å². The summed E-state index contributed by atoms with van der Waals surface area (Å²) in [6.45, 7) is 2.00. The van der Waals surface area contributed by atoms with Gasteiger partial charge in [-0.3, -0.25) is 9.20 Å². The second-order valence-corrected chi connectivity index (χ2v) is 7.90. The molecule has 2 atom stereocenters. The van der Waals surface area contributed by atoms with Crippen molar-refractivity contribution >= 4 is 16.6 Å². The highest BCUT2D eigenvalue weighted by atomic mass is 16.5. The van der Waals surface area contributed by atoms with Gasteiger partial charge in [-0.2, -0.15) is 4.68 Å². The summed E-state index contributed by atoms with van der Waals surface area (Å²) in [5, 5.41) is 8.33. The van der Waals surface area contributed by atoms with E-state index < -0.39 is 0 Å². The van der Waals surface area contributed by atoms with Crippen LogP contribution in [0.3, 0.4) is 0 Å². The fourth-order valence-electron chi connectivity index (χ4n) is 4.62. The van der Waals surface area contributed by atoms with Gasteiger partial charge in [0.1, 0.15) is 12.4 Å². The van der Waals surface area contributed by atoms with Crippen molar-refractivity contribution in [2.45, 2.75) is 44.4 Å². The van der Waals surface area contributed by atoms with Crippen LogP contribution in [0.25, 0.3) is 22.4 Å². The Balaban J connectivity index is 1.58. The van der Waals surface area contributed by atoms with Crippen LogP contribution in [0, 0.1) is 0 Å². The number of benzene rings is 1. The molecule has 1 aromatic carbocycles. The number of nitrogens with zero attached hydrogens (tertiary/aromatic N) is 6. The third-order valence-electron chi connectivity index (χ3n) is 6.07. The summed E-state index contributed by atoms with van der Waals surface area (Å²) in [5.41, 5.74) is 2.99. The molecule has 0 radical (unpaired) electrons. The zero-order valence-electron chi connectivity index (χ0n) is 16.5. The third-order valence-corrected chi connectivity index (χ3v) is 6.07. The summed E-state index contributed by atoms with van der Waals surface area (Å²) in [6, 6.07) is 7.89. The molecule has 2 fully saturated rings. The Morgan fingerprint density at radius 1 is 1.07 bits per heavy atom. The number of para-hydroxylation sites is 2. The minimum Gasteiger partial charge on any atom is -0.376 e. The summed E-state index contributed by atoms with van der Waals surface area (Å²) in [4.78, 5) is 18.3. The number of aromatic nitrogens is 6. The van der Waals surface area contributed by atoms with Gasteiger partial charge in [0.2, 0.25) is 0 Å². The van der Waals surface area contributed by atoms with Crippen molar-refractivity contribution in [1.82, 2.24) is 28.9 Å². The molecule has 5 heterocycles. The number of ether oxygens (including phenoxy) is 2. The van der Waals surface area contributed by atoms with Crippen molar-refractivity contribution in [2.24, 2.45) is 0 Å². The number of hydrogen-bond acceptors (Lipinski definition) is 6. The van der Waals surface area contributed by atoms with Gasteiger partial charge in [-0.05, 0) is 37.8 Å². The van der Waals surface area contributed by atoms with E-state index in [1.54, 1.807) is 17.2 Å². The molecule has 2 saturated heterocycles. The van der Waals surface area contributed by atoms with Gasteiger partial charge in [0.15, 0.2) is 11.3 Å². The molecule has 0 amide bonds. The van der Waals surface area contributed by atoms with Gasteiger partial charge in [-0.25, -0.2) is 4.98 Å². The number of rotatable bonds is 4. The van der Waals surface area contributed by atoms with Gasteiger partial charge in [-0.15, -0.1) is 5.10 Å². The second-order valence-electron chi connectivity index (χ2n) is 7.90. The van der Waals surface area contributed by atoms with Gasteiger partial charge in [0, 0.05) is 13.2 Å². The molecular formula is C21H22N6O3. The first kappa shape index (κ1) is 17.8. The van der Waals surface area contributed by atoms with E-state index in [0.29, 0.717) is 17.9 Å². The topological polar surface area (TPSA) is 88.5 Å². The van der Waals surface area contributed by atoms with Crippen molar-refractivity contribution in [2.75, 3.05) is 13.2 Å². The summed E-state index contributed by atoms with van der Waals surface area (Å²) in [5.74, 6) is 0.481. The Bertz CT molecular complexity index is 1280. The van der Waals surface area contributed by atoms with Crippen LogP contribution in [-0.4, -0.2) is 48.3 Å². The first-order valence-corrected chi connectivity index (χ1v) is 10.4. The fourth-order valence-corrected chi connectivity index (χ4v) is 4.62. The third kappa shape index (κ3) is 2.69. The second kappa shape index (κ2) is 7.03. The van der Waals surface area contributed by atoms with Crippen molar-refractivity contribution in [3.63, 3.8) is 0 Å². The average Bonchev–Trinajstić information content (AvgIpc) is 3.55. The van der Waals surface area contributed by atoms with E-state index >= 15 is 0 Å². The molecule has 0 N–H and O–H groups in total. The van der Waals surface area contributed by atoms with Gasteiger partial charge < -0.3 is 14.0 Å². The Morgan fingerprint density at radius 2 is 1.90 bits per heavy atom. The molecule has 0 saturated carbocycles. The first-order valence-electron chi connectivity index (χ1n) is 10.4. The first-order chi connectivity index (χ1) is 14.8. The quantitative estimate of drug-likeness (QED) is 0.517. The van der Waals surface area contributed by atoms with E-state index in [0.717, 1.165) is 55.6 Å². The molecule has 2 unspecified atom stereocenters. The van der Waals surface area contributed by atoms with E-state index in [1.165, 1.54) is 0 Å². The molecule has 3 aromatic heterocycles. The minimum absolute atomic E-state index is 0.0498. The molecule has 2 aliphatic heterocycles. The maximum atomic E-state index is 13.7. The molecule has 6 rings (SSSR count). The molecule has 9 heteroatoms. The minimum atomic E-state index is -0.106. The van der Waals surface area contributed by atoms with Crippen LogP contribution in [0.1, 0.15) is 37.5 Å². The Kier molecular flexibility index (Phi) is 4.17. The van der Waals surface area contributed by atoms with Crippen molar-refractivity contribution in [1.29, 1.82) is 0 Å². The maximum absolute atomic E-state index is 13.7. The molecular weight excluding hydrogens is 384 g/mol. The molecule has 9 nitrogen and oxygen atoms in total. The lowest BCUT2D eigenvalue weighted by molar-refractivity contribution is 0.0973. The summed E-state index contributed by atoms with van der Waals surface area (Å²) < 4.78 is 17.0. The normalized spacial score (nSPS) is 21.9. The Labute approximate surface area is 171 Å². The van der Waals surface area contributed by atoms with Gasteiger partial charge in [0.25, 0.3) is 5.56 Å². The monoisotopic (exact) mass is 406 g/mol.